The molecule has 0 aromatic heterocycles. The third-order valence-corrected chi connectivity index (χ3v) is 3.44. The Morgan fingerprint density at radius 2 is 2.20 bits per heavy atom. The summed E-state index contributed by atoms with van der Waals surface area (Å²) < 4.78 is 20.7. The molecule has 6 heteroatoms. The summed E-state index contributed by atoms with van der Waals surface area (Å²) in [5.74, 6) is -0.461. The standard InChI is InChI=1S/C9H16NO4P/c11-9(12)8-6-7(3-4-10-8)2-1-5-15(13)14/h7-8,10H,1-6H2,(H,11,12)/t7-,8+/m0/s1. The quantitative estimate of drug-likeness (QED) is 0.701. The van der Waals surface area contributed by atoms with Gasteiger partial charge in [-0.2, -0.15) is 0 Å². The van der Waals surface area contributed by atoms with E-state index in [1.807, 2.05) is 0 Å². The van der Waals surface area contributed by atoms with Crippen molar-refractivity contribution in [2.24, 2.45) is 5.92 Å². The number of carboxylic acid groups (broad SMARTS) is 1. The lowest BCUT2D eigenvalue weighted by atomic mass is 9.89. The molecule has 0 radical (unpaired) electrons. The summed E-state index contributed by atoms with van der Waals surface area (Å²) in [6, 6.07) is -0.454. The van der Waals surface area contributed by atoms with Crippen LogP contribution in [0.4, 0.5) is 0 Å². The van der Waals surface area contributed by atoms with E-state index in [-0.39, 0.29) is 6.16 Å². The van der Waals surface area contributed by atoms with Gasteiger partial charge in [0, 0.05) is 0 Å². The van der Waals surface area contributed by atoms with Gasteiger partial charge in [-0.3, -0.25) is 4.79 Å². The van der Waals surface area contributed by atoms with E-state index in [2.05, 4.69) is 5.32 Å². The molecule has 0 unspecified atom stereocenters. The van der Waals surface area contributed by atoms with Crippen molar-refractivity contribution < 1.29 is 19.0 Å². The Balaban J connectivity index is 2.27. The third-order valence-electron chi connectivity index (χ3n) is 2.76. The van der Waals surface area contributed by atoms with Crippen molar-refractivity contribution in [2.45, 2.75) is 31.7 Å². The Morgan fingerprint density at radius 3 is 2.80 bits per heavy atom. The highest BCUT2D eigenvalue weighted by molar-refractivity contribution is 7.30. The Bertz CT molecular complexity index is 282. The molecule has 2 atom stereocenters. The molecule has 0 saturated carbocycles. The fraction of sp³-hybridized carbons (Fsp3) is 0.889. The fourth-order valence-corrected chi connectivity index (χ4v) is 2.40. The van der Waals surface area contributed by atoms with Gasteiger partial charge in [-0.05, 0) is 38.1 Å². The molecule has 2 N–H and O–H groups in total. The lowest BCUT2D eigenvalue weighted by Gasteiger charge is -2.27. The maximum absolute atomic E-state index is 10.7. The molecule has 0 amide bonds. The van der Waals surface area contributed by atoms with Crippen LogP contribution < -0.4 is 5.32 Å². The van der Waals surface area contributed by atoms with Gasteiger partial charge in [0.2, 0.25) is 0 Å². The summed E-state index contributed by atoms with van der Waals surface area (Å²) in [6.45, 7) is 0.713. The molecule has 1 saturated heterocycles. The van der Waals surface area contributed by atoms with Crippen LogP contribution in [0.5, 0.6) is 0 Å². The van der Waals surface area contributed by atoms with Crippen molar-refractivity contribution in [3.63, 3.8) is 0 Å². The molecule has 5 nitrogen and oxygen atoms in total. The topological polar surface area (TPSA) is 83.5 Å². The molecule has 86 valence electrons. The summed E-state index contributed by atoms with van der Waals surface area (Å²) in [5, 5.41) is 11.7. The first-order valence-electron chi connectivity index (χ1n) is 5.17. The zero-order valence-electron chi connectivity index (χ0n) is 8.52. The van der Waals surface area contributed by atoms with Gasteiger partial charge in [0.05, 0.1) is 6.16 Å². The second-order valence-corrected chi connectivity index (χ2v) is 5.05. The van der Waals surface area contributed by atoms with E-state index in [9.17, 15) is 13.9 Å². The molecular formula is C9H16NO4P. The number of carboxylic acids is 1. The molecule has 0 bridgehead atoms. The minimum Gasteiger partial charge on any atom is -0.480 e. The lowest BCUT2D eigenvalue weighted by molar-refractivity contribution is -0.140. The zero-order valence-corrected chi connectivity index (χ0v) is 9.41. The Labute approximate surface area is 89.1 Å². The highest BCUT2D eigenvalue weighted by atomic mass is 31.1. The predicted octanol–water partition coefficient (Wildman–Crippen LogP) is 1.39. The van der Waals surface area contributed by atoms with E-state index < -0.39 is 19.7 Å². The van der Waals surface area contributed by atoms with Crippen molar-refractivity contribution in [2.75, 3.05) is 12.7 Å². The van der Waals surface area contributed by atoms with Gasteiger partial charge in [-0.1, -0.05) is 0 Å². The van der Waals surface area contributed by atoms with E-state index in [4.69, 9.17) is 5.11 Å². The average molecular weight is 233 g/mol. The van der Waals surface area contributed by atoms with E-state index in [1.54, 1.807) is 0 Å². The van der Waals surface area contributed by atoms with Gasteiger partial charge in [0.15, 0.2) is 0 Å². The second kappa shape index (κ2) is 6.03. The SMILES string of the molecule is O=C(O)[C@H]1C[C@@H](CCCP(=O)=O)CCN1. The number of piperidine rings is 1. The van der Waals surface area contributed by atoms with E-state index in [0.717, 1.165) is 12.8 Å². The Hall–Kier alpha value is -0.670. The van der Waals surface area contributed by atoms with E-state index in [1.165, 1.54) is 0 Å². The van der Waals surface area contributed by atoms with Gasteiger partial charge in [-0.25, -0.2) is 9.13 Å². The Kier molecular flexibility index (Phi) is 4.99. The van der Waals surface area contributed by atoms with Crippen LogP contribution in [0.3, 0.4) is 0 Å². The fourth-order valence-electron chi connectivity index (χ4n) is 1.96. The highest BCUT2D eigenvalue weighted by Gasteiger charge is 2.25. The Morgan fingerprint density at radius 1 is 1.47 bits per heavy atom. The number of rotatable bonds is 5. The van der Waals surface area contributed by atoms with Crippen molar-refractivity contribution >= 4 is 13.6 Å². The maximum atomic E-state index is 10.7. The van der Waals surface area contributed by atoms with Crippen LogP contribution in [-0.2, 0) is 13.9 Å². The van der Waals surface area contributed by atoms with E-state index >= 15 is 0 Å². The van der Waals surface area contributed by atoms with Crippen LogP contribution in [0.2, 0.25) is 0 Å². The first-order valence-corrected chi connectivity index (χ1v) is 6.54. The summed E-state index contributed by atoms with van der Waals surface area (Å²) in [4.78, 5) is 10.7. The molecule has 1 heterocycles. The van der Waals surface area contributed by atoms with Gasteiger partial charge < -0.3 is 10.4 Å². The van der Waals surface area contributed by atoms with Gasteiger partial charge in [0.25, 0.3) is 0 Å². The largest absolute Gasteiger partial charge is 0.480 e. The molecule has 1 fully saturated rings. The zero-order chi connectivity index (χ0) is 11.3. The van der Waals surface area contributed by atoms with Crippen molar-refractivity contribution in [3.8, 4) is 0 Å². The van der Waals surface area contributed by atoms with Crippen LogP contribution in [-0.4, -0.2) is 29.8 Å². The molecule has 0 spiro atoms. The lowest BCUT2D eigenvalue weighted by Crippen LogP contribution is -2.43. The van der Waals surface area contributed by atoms with E-state index in [0.29, 0.717) is 25.3 Å². The van der Waals surface area contributed by atoms with Crippen LogP contribution in [0.25, 0.3) is 0 Å². The number of carbonyl (C=O) groups is 1. The summed E-state index contributed by atoms with van der Waals surface area (Å²) in [6.07, 6.45) is 3.24. The molecule has 1 rings (SSSR count). The number of nitrogens with one attached hydrogen (secondary N) is 1. The number of aliphatic carboxylic acids is 1. The normalized spacial score (nSPS) is 26.1. The first-order chi connectivity index (χ1) is 7.09. The molecule has 0 aliphatic carbocycles. The number of hydrogen-bond acceptors (Lipinski definition) is 4. The van der Waals surface area contributed by atoms with Crippen LogP contribution in [0, 0.1) is 5.92 Å². The van der Waals surface area contributed by atoms with Gasteiger partial charge in [-0.15, -0.1) is 0 Å². The van der Waals surface area contributed by atoms with Crippen molar-refractivity contribution in [3.05, 3.63) is 0 Å². The molecular weight excluding hydrogens is 217 g/mol. The number of hydrogen-bond donors (Lipinski definition) is 2. The van der Waals surface area contributed by atoms with Crippen LogP contribution in [0.1, 0.15) is 25.7 Å². The average Bonchev–Trinajstić information content (AvgIpc) is 2.17. The summed E-state index contributed by atoms with van der Waals surface area (Å²) in [7, 11) is -2.28. The van der Waals surface area contributed by atoms with Crippen molar-refractivity contribution in [1.82, 2.24) is 5.32 Å². The van der Waals surface area contributed by atoms with Gasteiger partial charge >= 0.3 is 13.6 Å². The smallest absolute Gasteiger partial charge is 0.320 e. The monoisotopic (exact) mass is 233 g/mol. The first kappa shape index (κ1) is 12.4. The minimum atomic E-state index is -2.28. The highest BCUT2D eigenvalue weighted by Crippen LogP contribution is 2.22. The third kappa shape index (κ3) is 4.58. The maximum Gasteiger partial charge on any atom is 0.320 e. The van der Waals surface area contributed by atoms with Gasteiger partial charge in [0.1, 0.15) is 6.04 Å². The second-order valence-electron chi connectivity index (χ2n) is 3.93. The summed E-state index contributed by atoms with van der Waals surface area (Å²) in [5.41, 5.74) is 0. The minimum absolute atomic E-state index is 0.219. The molecule has 1 aliphatic rings. The summed E-state index contributed by atoms with van der Waals surface area (Å²) >= 11 is 0. The molecule has 15 heavy (non-hydrogen) atoms. The van der Waals surface area contributed by atoms with Crippen LogP contribution >= 0.6 is 7.68 Å². The van der Waals surface area contributed by atoms with Crippen LogP contribution in [0.15, 0.2) is 0 Å². The molecule has 0 aromatic carbocycles. The predicted molar refractivity (Wildman–Crippen MR) is 54.5 cm³/mol. The van der Waals surface area contributed by atoms with Crippen molar-refractivity contribution in [1.29, 1.82) is 0 Å². The molecule has 0 aromatic rings. The molecule has 1 aliphatic heterocycles.